The van der Waals surface area contributed by atoms with Crippen molar-refractivity contribution >= 4 is 5.91 Å². The van der Waals surface area contributed by atoms with Gasteiger partial charge in [0.05, 0.1) is 14.2 Å². The second-order valence-corrected chi connectivity index (χ2v) is 4.61. The van der Waals surface area contributed by atoms with E-state index >= 15 is 0 Å². The molecule has 2 aromatic rings. The second kappa shape index (κ2) is 7.41. The van der Waals surface area contributed by atoms with Crippen LogP contribution in [0.2, 0.25) is 0 Å². The number of nitrogens with zero attached hydrogens (tertiary/aromatic N) is 1. The lowest BCUT2D eigenvalue weighted by molar-refractivity contribution is 0.0910. The third-order valence-electron chi connectivity index (χ3n) is 3.09. The van der Waals surface area contributed by atoms with Crippen LogP contribution in [-0.4, -0.2) is 41.7 Å². The molecule has 2 rings (SSSR count). The average molecular weight is 319 g/mol. The van der Waals surface area contributed by atoms with Gasteiger partial charge < -0.3 is 24.9 Å². The molecule has 0 radical (unpaired) electrons. The van der Waals surface area contributed by atoms with Gasteiger partial charge in [-0.25, -0.2) is 0 Å². The van der Waals surface area contributed by atoms with Crippen LogP contribution in [0.4, 0.5) is 0 Å². The van der Waals surface area contributed by atoms with Crippen molar-refractivity contribution in [1.29, 1.82) is 0 Å². The minimum Gasteiger partial charge on any atom is -0.481 e. The Labute approximate surface area is 132 Å². The van der Waals surface area contributed by atoms with Gasteiger partial charge in [0.25, 0.3) is 5.91 Å². The van der Waals surface area contributed by atoms with Gasteiger partial charge in [0.1, 0.15) is 11.7 Å². The van der Waals surface area contributed by atoms with Crippen LogP contribution in [-0.2, 0) is 0 Å². The van der Waals surface area contributed by atoms with E-state index in [-0.39, 0.29) is 23.5 Å². The number of pyridine rings is 2. The smallest absolute Gasteiger partial charge is 0.256 e. The van der Waals surface area contributed by atoms with Crippen LogP contribution in [0.15, 0.2) is 35.1 Å². The molecule has 8 heteroatoms. The van der Waals surface area contributed by atoms with E-state index in [9.17, 15) is 14.7 Å². The van der Waals surface area contributed by atoms with Crippen molar-refractivity contribution in [2.24, 2.45) is 0 Å². The normalized spacial score (nSPS) is 11.6. The number of carbonyl (C=O) groups excluding carboxylic acids is 1. The minimum atomic E-state index is -1.04. The quantitative estimate of drug-likeness (QED) is 0.703. The van der Waals surface area contributed by atoms with E-state index in [0.717, 1.165) is 0 Å². The summed E-state index contributed by atoms with van der Waals surface area (Å²) in [5, 5.41) is 12.6. The van der Waals surface area contributed by atoms with Crippen molar-refractivity contribution in [3.8, 4) is 11.8 Å². The first-order valence-corrected chi connectivity index (χ1v) is 6.79. The number of nitrogens with one attached hydrogen (secondary N) is 2. The Kier molecular flexibility index (Phi) is 5.32. The zero-order chi connectivity index (χ0) is 16.8. The molecule has 23 heavy (non-hydrogen) atoms. The number of aromatic amines is 1. The summed E-state index contributed by atoms with van der Waals surface area (Å²) in [6.07, 6.45) is -1.04. The number of H-pyrrole nitrogens is 1. The van der Waals surface area contributed by atoms with Crippen LogP contribution in [0, 0.1) is 0 Å². The van der Waals surface area contributed by atoms with Gasteiger partial charge in [-0.2, -0.15) is 4.98 Å². The highest BCUT2D eigenvalue weighted by Crippen LogP contribution is 2.19. The minimum absolute atomic E-state index is 0.0754. The van der Waals surface area contributed by atoms with E-state index in [1.807, 2.05) is 0 Å². The molecular formula is C15H17N3O5. The van der Waals surface area contributed by atoms with E-state index < -0.39 is 12.0 Å². The maximum atomic E-state index is 12.2. The lowest BCUT2D eigenvalue weighted by Crippen LogP contribution is -2.29. The Morgan fingerprint density at radius 2 is 2.09 bits per heavy atom. The lowest BCUT2D eigenvalue weighted by Gasteiger charge is -2.13. The Morgan fingerprint density at radius 3 is 2.74 bits per heavy atom. The van der Waals surface area contributed by atoms with E-state index in [1.54, 1.807) is 6.07 Å². The summed E-state index contributed by atoms with van der Waals surface area (Å²) in [7, 11) is 2.85. The van der Waals surface area contributed by atoms with Crippen LogP contribution in [0.25, 0.3) is 0 Å². The fraction of sp³-hybridized carbons (Fsp3) is 0.267. The first-order valence-electron chi connectivity index (χ1n) is 6.79. The molecule has 0 aliphatic rings. The van der Waals surface area contributed by atoms with Gasteiger partial charge in [-0.05, 0) is 12.1 Å². The SMILES string of the molecule is COc1ccc(C(=O)NCC(O)c2cccc(=O)[nH]2)c(OC)n1. The van der Waals surface area contributed by atoms with Crippen molar-refractivity contribution < 1.29 is 19.4 Å². The van der Waals surface area contributed by atoms with Crippen molar-refractivity contribution in [1.82, 2.24) is 15.3 Å². The number of ether oxygens (including phenoxy) is 2. The molecule has 0 aliphatic heterocycles. The summed E-state index contributed by atoms with van der Waals surface area (Å²) in [6.45, 7) is -0.0754. The topological polar surface area (TPSA) is 114 Å². The van der Waals surface area contributed by atoms with Gasteiger partial charge in [0.2, 0.25) is 17.3 Å². The van der Waals surface area contributed by atoms with Gasteiger partial charge in [0, 0.05) is 24.4 Å². The molecule has 0 saturated heterocycles. The van der Waals surface area contributed by atoms with Crippen molar-refractivity contribution in [2.75, 3.05) is 20.8 Å². The monoisotopic (exact) mass is 319 g/mol. The molecule has 0 aliphatic carbocycles. The number of hydrogen-bond acceptors (Lipinski definition) is 6. The van der Waals surface area contributed by atoms with Crippen LogP contribution >= 0.6 is 0 Å². The molecule has 0 saturated carbocycles. The van der Waals surface area contributed by atoms with Gasteiger partial charge in [-0.3, -0.25) is 9.59 Å². The van der Waals surface area contributed by atoms with Gasteiger partial charge in [-0.1, -0.05) is 6.07 Å². The molecule has 1 atom stereocenters. The summed E-state index contributed by atoms with van der Waals surface area (Å²) in [5.74, 6) is -0.0286. The standard InChI is InChI=1S/C15H17N3O5/c1-22-13-7-6-9(15(18-13)23-2)14(21)16-8-11(19)10-4-3-5-12(20)17-10/h3-7,11,19H,8H2,1-2H3,(H,16,21)(H,17,20). The fourth-order valence-corrected chi connectivity index (χ4v) is 1.92. The third kappa shape index (κ3) is 4.07. The molecule has 2 heterocycles. The summed E-state index contributed by atoms with van der Waals surface area (Å²) in [5.41, 5.74) is 0.202. The highest BCUT2D eigenvalue weighted by Gasteiger charge is 2.16. The predicted molar refractivity (Wildman–Crippen MR) is 81.7 cm³/mol. The predicted octanol–water partition coefficient (Wildman–Crippen LogP) is 0.250. The third-order valence-corrected chi connectivity index (χ3v) is 3.09. The Morgan fingerprint density at radius 1 is 1.30 bits per heavy atom. The number of amides is 1. The molecule has 0 bridgehead atoms. The first kappa shape index (κ1) is 16.5. The zero-order valence-corrected chi connectivity index (χ0v) is 12.7. The number of rotatable bonds is 6. The molecule has 0 aromatic carbocycles. The Balaban J connectivity index is 2.06. The van der Waals surface area contributed by atoms with E-state index in [1.165, 1.54) is 38.5 Å². The number of carbonyl (C=O) groups is 1. The van der Waals surface area contributed by atoms with E-state index in [4.69, 9.17) is 9.47 Å². The summed E-state index contributed by atoms with van der Waals surface area (Å²) < 4.78 is 10.0. The molecule has 1 amide bonds. The summed E-state index contributed by atoms with van der Waals surface area (Å²) in [6, 6.07) is 7.46. The van der Waals surface area contributed by atoms with Gasteiger partial charge in [0.15, 0.2) is 0 Å². The van der Waals surface area contributed by atoms with Crippen molar-refractivity contribution in [3.05, 3.63) is 51.9 Å². The van der Waals surface area contributed by atoms with Crippen LogP contribution in [0.1, 0.15) is 22.2 Å². The Hall–Kier alpha value is -2.87. The number of aliphatic hydroxyl groups excluding tert-OH is 1. The summed E-state index contributed by atoms with van der Waals surface area (Å²) >= 11 is 0. The molecule has 2 aromatic heterocycles. The zero-order valence-electron chi connectivity index (χ0n) is 12.7. The summed E-state index contributed by atoms with van der Waals surface area (Å²) in [4.78, 5) is 29.9. The van der Waals surface area contributed by atoms with Crippen molar-refractivity contribution in [3.63, 3.8) is 0 Å². The number of aromatic nitrogens is 2. The van der Waals surface area contributed by atoms with Crippen LogP contribution < -0.4 is 20.3 Å². The molecule has 1 unspecified atom stereocenters. The molecule has 0 spiro atoms. The highest BCUT2D eigenvalue weighted by molar-refractivity contribution is 5.96. The molecule has 8 nitrogen and oxygen atoms in total. The fourth-order valence-electron chi connectivity index (χ4n) is 1.92. The number of hydrogen-bond donors (Lipinski definition) is 3. The largest absolute Gasteiger partial charge is 0.481 e. The molecule has 3 N–H and O–H groups in total. The number of aliphatic hydroxyl groups is 1. The number of methoxy groups -OCH3 is 2. The molecular weight excluding hydrogens is 302 g/mol. The maximum Gasteiger partial charge on any atom is 0.256 e. The highest BCUT2D eigenvalue weighted by atomic mass is 16.5. The van der Waals surface area contributed by atoms with Gasteiger partial charge in [-0.15, -0.1) is 0 Å². The lowest BCUT2D eigenvalue weighted by atomic mass is 10.2. The molecule has 122 valence electrons. The average Bonchev–Trinajstić information content (AvgIpc) is 2.58. The van der Waals surface area contributed by atoms with Crippen molar-refractivity contribution in [2.45, 2.75) is 6.10 Å². The first-order chi connectivity index (χ1) is 11.0. The maximum absolute atomic E-state index is 12.2. The van der Waals surface area contributed by atoms with Crippen LogP contribution in [0.5, 0.6) is 11.8 Å². The molecule has 0 fully saturated rings. The second-order valence-electron chi connectivity index (χ2n) is 4.61. The van der Waals surface area contributed by atoms with E-state index in [0.29, 0.717) is 11.6 Å². The van der Waals surface area contributed by atoms with Gasteiger partial charge >= 0.3 is 0 Å². The van der Waals surface area contributed by atoms with E-state index in [2.05, 4.69) is 15.3 Å². The Bertz CT molecular complexity index is 744. The van der Waals surface area contributed by atoms with Crippen LogP contribution in [0.3, 0.4) is 0 Å².